The van der Waals surface area contributed by atoms with E-state index in [1.807, 2.05) is 19.2 Å². The smallest absolute Gasteiger partial charge is 0.144 e. The van der Waals surface area contributed by atoms with E-state index < -0.39 is 0 Å². The second-order valence-corrected chi connectivity index (χ2v) is 2.76. The van der Waals surface area contributed by atoms with Gasteiger partial charge in [0.15, 0.2) is 0 Å². The molecule has 0 aliphatic rings. The lowest BCUT2D eigenvalue weighted by molar-refractivity contribution is 0.417. The highest BCUT2D eigenvalue weighted by Gasteiger charge is 2.04. The summed E-state index contributed by atoms with van der Waals surface area (Å²) in [7, 11) is 3.52. The van der Waals surface area contributed by atoms with E-state index in [0.717, 1.165) is 22.3 Å². The minimum Gasteiger partial charge on any atom is -0.495 e. The number of rotatable bonds is 2. The number of aromatic amines is 1. The zero-order chi connectivity index (χ0) is 11.3. The first kappa shape index (κ1) is 11.1. The van der Waals surface area contributed by atoms with Gasteiger partial charge in [0, 0.05) is 18.5 Å². The van der Waals surface area contributed by atoms with Crippen LogP contribution in [-0.4, -0.2) is 24.4 Å². The summed E-state index contributed by atoms with van der Waals surface area (Å²) in [5, 5.41) is 11.0. The van der Waals surface area contributed by atoms with Crippen molar-refractivity contribution in [1.82, 2.24) is 10.2 Å². The van der Waals surface area contributed by atoms with E-state index in [-0.39, 0.29) is 0 Å². The Morgan fingerprint density at radius 2 is 2.13 bits per heavy atom. The number of fused-ring (bicyclic) bond motifs is 1. The van der Waals surface area contributed by atoms with Gasteiger partial charge in [0.1, 0.15) is 5.75 Å². The summed E-state index contributed by atoms with van der Waals surface area (Å²) in [4.78, 5) is 0. The van der Waals surface area contributed by atoms with Crippen LogP contribution in [0, 0.1) is 0 Å². The van der Waals surface area contributed by atoms with E-state index in [9.17, 15) is 0 Å². The Labute approximate surface area is 88.9 Å². The molecule has 0 unspecified atom stereocenters. The van der Waals surface area contributed by atoms with Crippen LogP contribution in [0.25, 0.3) is 10.9 Å². The molecule has 0 radical (unpaired) electrons. The number of hydrogen-bond donors (Lipinski definition) is 2. The van der Waals surface area contributed by atoms with Crippen LogP contribution < -0.4 is 10.1 Å². The maximum Gasteiger partial charge on any atom is 0.144 e. The molecular formula is C11H15N3O. The van der Waals surface area contributed by atoms with Crippen molar-refractivity contribution in [3.63, 3.8) is 0 Å². The van der Waals surface area contributed by atoms with E-state index in [4.69, 9.17) is 4.74 Å². The molecule has 2 N–H and O–H groups in total. The van der Waals surface area contributed by atoms with Gasteiger partial charge in [-0.3, -0.25) is 5.10 Å². The van der Waals surface area contributed by atoms with Crippen LogP contribution >= 0.6 is 0 Å². The molecule has 2 aromatic rings. The summed E-state index contributed by atoms with van der Waals surface area (Å²) >= 11 is 0. The first-order valence-electron chi connectivity index (χ1n) is 4.54. The third kappa shape index (κ3) is 2.10. The molecule has 0 bridgehead atoms. The molecule has 0 aliphatic heterocycles. The van der Waals surface area contributed by atoms with Gasteiger partial charge in [0.25, 0.3) is 0 Å². The number of methoxy groups -OCH3 is 1. The number of nitrogens with one attached hydrogen (secondary N) is 2. The van der Waals surface area contributed by atoms with Crippen molar-refractivity contribution in [3.8, 4) is 5.75 Å². The largest absolute Gasteiger partial charge is 0.495 e. The Morgan fingerprint density at radius 1 is 1.40 bits per heavy atom. The van der Waals surface area contributed by atoms with Crippen molar-refractivity contribution < 1.29 is 4.74 Å². The monoisotopic (exact) mass is 205 g/mol. The highest BCUT2D eigenvalue weighted by Crippen LogP contribution is 2.28. The van der Waals surface area contributed by atoms with Crippen LogP contribution in [0.15, 0.2) is 31.5 Å². The van der Waals surface area contributed by atoms with Gasteiger partial charge in [0.2, 0.25) is 0 Å². The van der Waals surface area contributed by atoms with Gasteiger partial charge in [-0.2, -0.15) is 5.10 Å². The van der Waals surface area contributed by atoms with Crippen molar-refractivity contribution in [2.24, 2.45) is 0 Å². The van der Waals surface area contributed by atoms with Crippen LogP contribution in [-0.2, 0) is 0 Å². The number of H-pyrrole nitrogens is 1. The van der Waals surface area contributed by atoms with Crippen molar-refractivity contribution in [2.45, 2.75) is 0 Å². The average molecular weight is 205 g/mol. The number of hydrogen-bond acceptors (Lipinski definition) is 3. The second-order valence-electron chi connectivity index (χ2n) is 2.76. The highest BCUT2D eigenvalue weighted by molar-refractivity contribution is 5.85. The van der Waals surface area contributed by atoms with Gasteiger partial charge in [0.05, 0.1) is 24.5 Å². The fraction of sp³-hybridized carbons (Fsp3) is 0.182. The standard InChI is InChI=1S/C9H11N3O.C2H4/c1-10-8-3-6-5-11-12-7(6)4-9(8)13-2;1-2/h3-5,10H,1-2H3,(H,11,12);1-2H2. The topological polar surface area (TPSA) is 49.9 Å². The molecule has 1 aromatic heterocycles. The molecule has 1 aromatic carbocycles. The maximum atomic E-state index is 5.20. The van der Waals surface area contributed by atoms with Gasteiger partial charge in [-0.15, -0.1) is 13.2 Å². The molecule has 0 fully saturated rings. The first-order valence-corrected chi connectivity index (χ1v) is 4.54. The fourth-order valence-corrected chi connectivity index (χ4v) is 1.34. The molecule has 4 heteroatoms. The SMILES string of the molecule is C=C.CNc1cc2cn[nH]c2cc1OC. The Balaban J connectivity index is 0.000000531. The van der Waals surface area contributed by atoms with Gasteiger partial charge in [-0.1, -0.05) is 0 Å². The molecule has 0 atom stereocenters. The summed E-state index contributed by atoms with van der Waals surface area (Å²) in [6.45, 7) is 6.00. The molecule has 4 nitrogen and oxygen atoms in total. The zero-order valence-electron chi connectivity index (χ0n) is 9.00. The third-order valence-electron chi connectivity index (χ3n) is 2.03. The van der Waals surface area contributed by atoms with Crippen molar-refractivity contribution in [1.29, 1.82) is 0 Å². The first-order chi connectivity index (χ1) is 7.35. The van der Waals surface area contributed by atoms with E-state index >= 15 is 0 Å². The maximum absolute atomic E-state index is 5.20. The lowest BCUT2D eigenvalue weighted by Gasteiger charge is -2.07. The van der Waals surface area contributed by atoms with Crippen LogP contribution in [0.2, 0.25) is 0 Å². The quantitative estimate of drug-likeness (QED) is 0.740. The Hall–Kier alpha value is -1.97. The summed E-state index contributed by atoms with van der Waals surface area (Å²) < 4.78 is 5.20. The summed E-state index contributed by atoms with van der Waals surface area (Å²) in [6, 6.07) is 3.92. The number of aromatic nitrogens is 2. The molecule has 0 aliphatic carbocycles. The molecule has 0 saturated carbocycles. The molecule has 15 heavy (non-hydrogen) atoms. The van der Waals surface area contributed by atoms with E-state index in [1.54, 1.807) is 13.3 Å². The molecule has 0 spiro atoms. The summed E-state index contributed by atoms with van der Waals surface area (Å²) in [5.41, 5.74) is 1.95. The van der Waals surface area contributed by atoms with Crippen molar-refractivity contribution in [3.05, 3.63) is 31.5 Å². The lowest BCUT2D eigenvalue weighted by atomic mass is 10.2. The van der Waals surface area contributed by atoms with Gasteiger partial charge < -0.3 is 10.1 Å². The fourth-order valence-electron chi connectivity index (χ4n) is 1.34. The van der Waals surface area contributed by atoms with Crippen molar-refractivity contribution >= 4 is 16.6 Å². The number of nitrogens with zero attached hydrogens (tertiary/aromatic N) is 1. The number of anilines is 1. The molecule has 2 rings (SSSR count). The van der Waals surface area contributed by atoms with E-state index in [1.165, 1.54) is 0 Å². The Bertz CT molecular complexity index is 398. The molecular weight excluding hydrogens is 190 g/mol. The highest BCUT2D eigenvalue weighted by atomic mass is 16.5. The van der Waals surface area contributed by atoms with Gasteiger partial charge in [-0.25, -0.2) is 0 Å². The molecule has 0 amide bonds. The minimum atomic E-state index is 0.819. The third-order valence-corrected chi connectivity index (χ3v) is 2.03. The predicted molar refractivity (Wildman–Crippen MR) is 63.4 cm³/mol. The van der Waals surface area contributed by atoms with Gasteiger partial charge >= 0.3 is 0 Å². The number of benzene rings is 1. The minimum absolute atomic E-state index is 0.819. The Kier molecular flexibility index (Phi) is 3.74. The van der Waals surface area contributed by atoms with Crippen molar-refractivity contribution in [2.75, 3.05) is 19.5 Å². The molecule has 80 valence electrons. The summed E-state index contributed by atoms with van der Waals surface area (Å²) in [5.74, 6) is 0.819. The molecule has 0 saturated heterocycles. The van der Waals surface area contributed by atoms with Gasteiger partial charge in [-0.05, 0) is 6.07 Å². The van der Waals surface area contributed by atoms with Crippen LogP contribution in [0.4, 0.5) is 5.69 Å². The van der Waals surface area contributed by atoms with Crippen LogP contribution in [0.5, 0.6) is 5.75 Å². The Morgan fingerprint density at radius 3 is 2.73 bits per heavy atom. The van der Waals surface area contributed by atoms with E-state index in [0.29, 0.717) is 0 Å². The van der Waals surface area contributed by atoms with E-state index in [2.05, 4.69) is 28.7 Å². The van der Waals surface area contributed by atoms with Crippen LogP contribution in [0.1, 0.15) is 0 Å². The van der Waals surface area contributed by atoms with Crippen LogP contribution in [0.3, 0.4) is 0 Å². The molecule has 1 heterocycles. The second kappa shape index (κ2) is 5.05. The zero-order valence-corrected chi connectivity index (χ0v) is 9.00. The average Bonchev–Trinajstić information content (AvgIpc) is 2.76. The number of ether oxygens (including phenoxy) is 1. The summed E-state index contributed by atoms with van der Waals surface area (Å²) in [6.07, 6.45) is 1.79. The normalized spacial score (nSPS) is 9.20. The predicted octanol–water partition coefficient (Wildman–Crippen LogP) is 2.42. The lowest BCUT2D eigenvalue weighted by Crippen LogP contribution is -1.93.